The number of ether oxygens (including phenoxy) is 3. The van der Waals surface area contributed by atoms with Crippen molar-refractivity contribution in [1.82, 2.24) is 4.90 Å². The normalized spacial score (nSPS) is 15.7. The molecule has 29 heavy (non-hydrogen) atoms. The van der Waals surface area contributed by atoms with Gasteiger partial charge < -0.3 is 23.7 Å². The van der Waals surface area contributed by atoms with E-state index in [0.717, 1.165) is 13.1 Å². The zero-order valence-electron chi connectivity index (χ0n) is 16.6. The highest BCUT2D eigenvalue weighted by Gasteiger charge is 2.27. The average molecular weight is 403 g/mol. The summed E-state index contributed by atoms with van der Waals surface area (Å²) in [5.74, 6) is -0.528. The summed E-state index contributed by atoms with van der Waals surface area (Å²) in [5.41, 5.74) is 0.149. The van der Waals surface area contributed by atoms with Crippen LogP contribution in [-0.2, 0) is 20.8 Å². The standard InChI is InChI=1S/C21H25NO7/c1-26-15-5-3-14(4-6-15)17(12-19(24)27-2)21-20(25)18(23)11-16(29-21)13-22-7-9-28-10-8-22/h3-6,11,17,25H,7-10,12-13H2,1-2H3/t17-/m1/s1. The topological polar surface area (TPSA) is 98.4 Å². The molecule has 156 valence electrons. The van der Waals surface area contributed by atoms with Crippen molar-refractivity contribution in [2.75, 3.05) is 40.5 Å². The molecule has 1 aliphatic heterocycles. The summed E-state index contributed by atoms with van der Waals surface area (Å²) in [4.78, 5) is 26.5. The maximum Gasteiger partial charge on any atom is 0.306 e. The van der Waals surface area contributed by atoms with E-state index in [1.165, 1.54) is 13.2 Å². The molecule has 0 unspecified atom stereocenters. The van der Waals surface area contributed by atoms with E-state index in [0.29, 0.717) is 36.8 Å². The molecule has 0 aliphatic carbocycles. The predicted molar refractivity (Wildman–Crippen MR) is 104 cm³/mol. The van der Waals surface area contributed by atoms with Crippen LogP contribution in [0, 0.1) is 0 Å². The third-order valence-corrected chi connectivity index (χ3v) is 4.92. The van der Waals surface area contributed by atoms with Gasteiger partial charge in [0.15, 0.2) is 5.76 Å². The molecule has 0 radical (unpaired) electrons. The van der Waals surface area contributed by atoms with Gasteiger partial charge in [0.2, 0.25) is 11.2 Å². The van der Waals surface area contributed by atoms with Gasteiger partial charge in [0.05, 0.1) is 46.3 Å². The van der Waals surface area contributed by atoms with E-state index in [9.17, 15) is 14.7 Å². The fraction of sp³-hybridized carbons (Fsp3) is 0.429. The maximum absolute atomic E-state index is 12.4. The number of carbonyl (C=O) groups is 1. The Kier molecular flexibility index (Phi) is 6.90. The van der Waals surface area contributed by atoms with Gasteiger partial charge >= 0.3 is 5.97 Å². The largest absolute Gasteiger partial charge is 0.502 e. The Balaban J connectivity index is 1.98. The monoisotopic (exact) mass is 403 g/mol. The number of methoxy groups -OCH3 is 2. The number of esters is 1. The number of hydrogen-bond donors (Lipinski definition) is 1. The van der Waals surface area contributed by atoms with Crippen molar-refractivity contribution in [2.24, 2.45) is 0 Å². The third-order valence-electron chi connectivity index (χ3n) is 4.92. The van der Waals surface area contributed by atoms with Gasteiger partial charge in [-0.2, -0.15) is 0 Å². The molecule has 0 spiro atoms. The highest BCUT2D eigenvalue weighted by molar-refractivity contribution is 5.71. The smallest absolute Gasteiger partial charge is 0.306 e. The second-order valence-corrected chi connectivity index (χ2v) is 6.78. The van der Waals surface area contributed by atoms with Crippen LogP contribution >= 0.6 is 0 Å². The lowest BCUT2D eigenvalue weighted by molar-refractivity contribution is -0.140. The number of morpholine rings is 1. The van der Waals surface area contributed by atoms with Gasteiger partial charge in [-0.05, 0) is 17.7 Å². The summed E-state index contributed by atoms with van der Waals surface area (Å²) >= 11 is 0. The van der Waals surface area contributed by atoms with Gasteiger partial charge in [-0.25, -0.2) is 0 Å². The number of nitrogens with zero attached hydrogens (tertiary/aromatic N) is 1. The molecular weight excluding hydrogens is 378 g/mol. The van der Waals surface area contributed by atoms with E-state index in [-0.39, 0.29) is 12.2 Å². The van der Waals surface area contributed by atoms with E-state index < -0.39 is 23.1 Å². The predicted octanol–water partition coefficient (Wildman–Crippen LogP) is 1.88. The Morgan fingerprint density at radius 1 is 1.21 bits per heavy atom. The van der Waals surface area contributed by atoms with Crippen molar-refractivity contribution in [3.05, 3.63) is 57.6 Å². The van der Waals surface area contributed by atoms with Crippen LogP contribution in [0.2, 0.25) is 0 Å². The fourth-order valence-corrected chi connectivity index (χ4v) is 3.30. The van der Waals surface area contributed by atoms with Crippen LogP contribution < -0.4 is 10.2 Å². The van der Waals surface area contributed by atoms with Gasteiger partial charge in [-0.15, -0.1) is 0 Å². The van der Waals surface area contributed by atoms with Crippen LogP contribution in [-0.4, -0.2) is 56.5 Å². The molecule has 1 aliphatic rings. The number of carbonyl (C=O) groups excluding carboxylic acids is 1. The third kappa shape index (κ3) is 5.16. The van der Waals surface area contributed by atoms with E-state index in [1.54, 1.807) is 31.4 Å². The van der Waals surface area contributed by atoms with Crippen LogP contribution in [0.3, 0.4) is 0 Å². The van der Waals surface area contributed by atoms with Crippen molar-refractivity contribution in [1.29, 1.82) is 0 Å². The summed E-state index contributed by atoms with van der Waals surface area (Å²) in [6.45, 7) is 3.10. The van der Waals surface area contributed by atoms with Gasteiger partial charge in [0.1, 0.15) is 11.5 Å². The van der Waals surface area contributed by atoms with Gasteiger partial charge in [-0.3, -0.25) is 14.5 Å². The lowest BCUT2D eigenvalue weighted by Crippen LogP contribution is -2.35. The van der Waals surface area contributed by atoms with Crippen LogP contribution in [0.15, 0.2) is 39.5 Å². The average Bonchev–Trinajstić information content (AvgIpc) is 2.75. The number of aromatic hydroxyl groups is 1. The Labute approximate surface area is 168 Å². The van der Waals surface area contributed by atoms with E-state index in [1.807, 2.05) is 0 Å². The minimum Gasteiger partial charge on any atom is -0.502 e. The molecule has 1 aromatic carbocycles. The molecule has 0 saturated carbocycles. The second-order valence-electron chi connectivity index (χ2n) is 6.78. The van der Waals surface area contributed by atoms with Gasteiger partial charge in [0.25, 0.3) is 0 Å². The number of hydrogen-bond acceptors (Lipinski definition) is 8. The molecule has 1 saturated heterocycles. The summed E-state index contributed by atoms with van der Waals surface area (Å²) in [5, 5.41) is 10.4. The first-order chi connectivity index (χ1) is 14.0. The van der Waals surface area contributed by atoms with Crippen LogP contribution in [0.25, 0.3) is 0 Å². The molecule has 2 heterocycles. The highest BCUT2D eigenvalue weighted by Crippen LogP contribution is 2.34. The van der Waals surface area contributed by atoms with E-state index >= 15 is 0 Å². The van der Waals surface area contributed by atoms with Crippen LogP contribution in [0.5, 0.6) is 11.5 Å². The first kappa shape index (κ1) is 20.9. The molecule has 1 atom stereocenters. The summed E-state index contributed by atoms with van der Waals surface area (Å²) in [6.07, 6.45) is -0.0830. The molecule has 0 bridgehead atoms. The number of rotatable bonds is 7. The van der Waals surface area contributed by atoms with Crippen molar-refractivity contribution in [3.63, 3.8) is 0 Å². The molecule has 3 rings (SSSR count). The molecule has 1 fully saturated rings. The second kappa shape index (κ2) is 9.58. The Hall–Kier alpha value is -2.84. The van der Waals surface area contributed by atoms with Crippen LogP contribution in [0.4, 0.5) is 0 Å². The fourth-order valence-electron chi connectivity index (χ4n) is 3.30. The molecule has 1 N–H and O–H groups in total. The first-order valence-corrected chi connectivity index (χ1v) is 9.38. The van der Waals surface area contributed by atoms with Crippen molar-refractivity contribution < 1.29 is 28.5 Å². The van der Waals surface area contributed by atoms with Crippen molar-refractivity contribution >= 4 is 5.97 Å². The molecule has 2 aromatic rings. The van der Waals surface area contributed by atoms with Crippen LogP contribution in [0.1, 0.15) is 29.4 Å². The Morgan fingerprint density at radius 3 is 2.52 bits per heavy atom. The molecule has 0 amide bonds. The van der Waals surface area contributed by atoms with Crippen molar-refractivity contribution in [2.45, 2.75) is 18.9 Å². The van der Waals surface area contributed by atoms with E-state index in [2.05, 4.69) is 4.90 Å². The molecule has 8 nitrogen and oxygen atoms in total. The lowest BCUT2D eigenvalue weighted by atomic mass is 9.92. The molecular formula is C21H25NO7. The van der Waals surface area contributed by atoms with E-state index in [4.69, 9.17) is 18.6 Å². The number of benzene rings is 1. The maximum atomic E-state index is 12.4. The Morgan fingerprint density at radius 2 is 1.90 bits per heavy atom. The van der Waals surface area contributed by atoms with Gasteiger partial charge in [0, 0.05) is 19.2 Å². The minimum absolute atomic E-state index is 0.0522. The molecule has 8 heteroatoms. The highest BCUT2D eigenvalue weighted by atomic mass is 16.5. The molecule has 1 aromatic heterocycles. The Bertz CT molecular complexity index is 885. The summed E-state index contributed by atoms with van der Waals surface area (Å²) in [7, 11) is 2.85. The zero-order chi connectivity index (χ0) is 20.8. The van der Waals surface area contributed by atoms with Crippen molar-refractivity contribution in [3.8, 4) is 11.5 Å². The first-order valence-electron chi connectivity index (χ1n) is 9.38. The summed E-state index contributed by atoms with van der Waals surface area (Å²) < 4.78 is 21.3. The minimum atomic E-state index is -0.675. The SMILES string of the molecule is COC(=O)C[C@H](c1ccc(OC)cc1)c1oc(CN2CCOCC2)cc(=O)c1O. The van der Waals surface area contributed by atoms with Gasteiger partial charge in [-0.1, -0.05) is 12.1 Å². The zero-order valence-corrected chi connectivity index (χ0v) is 16.6. The summed E-state index contributed by atoms with van der Waals surface area (Å²) in [6, 6.07) is 8.30. The lowest BCUT2D eigenvalue weighted by Gasteiger charge is -2.26. The quantitative estimate of drug-likeness (QED) is 0.700.